The van der Waals surface area contributed by atoms with Gasteiger partial charge in [-0.15, -0.1) is 0 Å². The van der Waals surface area contributed by atoms with Crippen LogP contribution in [0.15, 0.2) is 60.8 Å². The van der Waals surface area contributed by atoms with E-state index in [0.29, 0.717) is 6.42 Å². The monoisotopic (exact) mass is 331 g/mol. The van der Waals surface area contributed by atoms with Crippen molar-refractivity contribution in [2.75, 3.05) is 5.32 Å². The molecule has 0 saturated heterocycles. The highest BCUT2D eigenvalue weighted by Gasteiger charge is 2.31. The highest BCUT2D eigenvalue weighted by molar-refractivity contribution is 5.94. The molecular weight excluding hydrogens is 310 g/mol. The molecule has 2 aromatic carbocycles. The Kier molecular flexibility index (Phi) is 3.88. The van der Waals surface area contributed by atoms with Crippen molar-refractivity contribution < 1.29 is 4.79 Å². The molecule has 2 heterocycles. The quantitative estimate of drug-likeness (QED) is 0.762. The zero-order chi connectivity index (χ0) is 17.4. The minimum atomic E-state index is 0.0210. The van der Waals surface area contributed by atoms with Crippen molar-refractivity contribution in [3.63, 3.8) is 0 Å². The van der Waals surface area contributed by atoms with Gasteiger partial charge in [0.2, 0.25) is 5.91 Å². The molecule has 1 aliphatic heterocycles. The molecule has 1 aromatic heterocycles. The molecule has 1 aliphatic rings. The van der Waals surface area contributed by atoms with Crippen LogP contribution in [0.25, 0.3) is 11.1 Å². The summed E-state index contributed by atoms with van der Waals surface area (Å²) in [5, 5.41) is 7.52. The maximum Gasteiger partial charge on any atom is 0.226 e. The number of aromatic nitrogens is 2. The first-order valence-corrected chi connectivity index (χ1v) is 8.66. The molecule has 1 amide bonds. The summed E-state index contributed by atoms with van der Waals surface area (Å²) < 4.78 is 1.89. The third-order valence-electron chi connectivity index (χ3n) is 4.76. The minimum absolute atomic E-state index is 0.0210. The molecule has 4 rings (SSSR count). The first-order valence-electron chi connectivity index (χ1n) is 8.66. The van der Waals surface area contributed by atoms with Gasteiger partial charge in [-0.05, 0) is 30.5 Å². The molecule has 1 N–H and O–H groups in total. The van der Waals surface area contributed by atoms with Crippen molar-refractivity contribution in [2.45, 2.75) is 32.2 Å². The number of rotatable bonds is 3. The van der Waals surface area contributed by atoms with Gasteiger partial charge in [-0.2, -0.15) is 5.10 Å². The number of carbonyl (C=O) groups is 1. The fraction of sp³-hybridized carbons (Fsp3) is 0.238. The first-order chi connectivity index (χ1) is 12.1. The second kappa shape index (κ2) is 6.20. The normalized spacial score (nSPS) is 16.6. The van der Waals surface area contributed by atoms with Gasteiger partial charge in [0.1, 0.15) is 5.82 Å². The van der Waals surface area contributed by atoms with Crippen molar-refractivity contribution in [3.8, 4) is 11.1 Å². The second-order valence-corrected chi connectivity index (χ2v) is 6.74. The second-order valence-electron chi connectivity index (χ2n) is 6.74. The lowest BCUT2D eigenvalue weighted by Gasteiger charge is -2.26. The highest BCUT2D eigenvalue weighted by Crippen LogP contribution is 2.41. The van der Waals surface area contributed by atoms with Crippen molar-refractivity contribution >= 4 is 11.7 Å². The van der Waals surface area contributed by atoms with Crippen LogP contribution in [0.3, 0.4) is 0 Å². The van der Waals surface area contributed by atoms with Gasteiger partial charge in [0.15, 0.2) is 0 Å². The highest BCUT2D eigenvalue weighted by atomic mass is 16.1. The lowest BCUT2D eigenvalue weighted by molar-refractivity contribution is -0.116. The van der Waals surface area contributed by atoms with E-state index in [1.54, 1.807) is 0 Å². The summed E-state index contributed by atoms with van der Waals surface area (Å²) in [5.74, 6) is 0.898. The minimum Gasteiger partial charge on any atom is -0.311 e. The summed E-state index contributed by atoms with van der Waals surface area (Å²) in [6, 6.07) is 18.9. The number of hydrogen-bond donors (Lipinski definition) is 1. The Morgan fingerprint density at radius 3 is 2.52 bits per heavy atom. The largest absolute Gasteiger partial charge is 0.311 e. The molecular formula is C21H21N3O. The molecule has 0 bridgehead atoms. The molecule has 25 heavy (non-hydrogen) atoms. The summed E-state index contributed by atoms with van der Waals surface area (Å²) in [4.78, 5) is 12.4. The van der Waals surface area contributed by atoms with Crippen LogP contribution >= 0.6 is 0 Å². The van der Waals surface area contributed by atoms with E-state index in [-0.39, 0.29) is 17.9 Å². The van der Waals surface area contributed by atoms with E-state index in [4.69, 9.17) is 0 Å². The Labute approximate surface area is 147 Å². The number of benzene rings is 2. The third kappa shape index (κ3) is 2.74. The maximum absolute atomic E-state index is 12.4. The van der Waals surface area contributed by atoms with Crippen LogP contribution in [0.1, 0.15) is 43.4 Å². The molecule has 1 atom stereocenters. The Morgan fingerprint density at radius 1 is 1.04 bits per heavy atom. The molecule has 1 unspecified atom stereocenters. The number of nitrogens with zero attached hydrogens (tertiary/aromatic N) is 2. The van der Waals surface area contributed by atoms with Crippen molar-refractivity contribution in [3.05, 3.63) is 71.9 Å². The first kappa shape index (κ1) is 15.6. The Morgan fingerprint density at radius 2 is 1.76 bits per heavy atom. The van der Waals surface area contributed by atoms with Gasteiger partial charge in [0.25, 0.3) is 0 Å². The third-order valence-corrected chi connectivity index (χ3v) is 4.76. The zero-order valence-corrected chi connectivity index (χ0v) is 14.4. The lowest BCUT2D eigenvalue weighted by atomic mass is 9.83. The molecule has 0 radical (unpaired) electrons. The summed E-state index contributed by atoms with van der Waals surface area (Å²) >= 11 is 0. The summed E-state index contributed by atoms with van der Waals surface area (Å²) in [7, 11) is 0. The number of nitrogens with one attached hydrogen (secondary N) is 1. The summed E-state index contributed by atoms with van der Waals surface area (Å²) in [6.07, 6.45) is 2.35. The number of anilines is 1. The van der Waals surface area contributed by atoms with Crippen LogP contribution in [0, 0.1) is 0 Å². The fourth-order valence-electron chi connectivity index (χ4n) is 3.59. The molecule has 0 fully saturated rings. The van der Waals surface area contributed by atoms with Crippen LogP contribution in [-0.4, -0.2) is 15.7 Å². The van der Waals surface area contributed by atoms with E-state index in [2.05, 4.69) is 48.5 Å². The number of hydrogen-bond acceptors (Lipinski definition) is 2. The zero-order valence-electron chi connectivity index (χ0n) is 14.4. The molecule has 4 heteroatoms. The molecule has 4 nitrogen and oxygen atoms in total. The van der Waals surface area contributed by atoms with E-state index < -0.39 is 0 Å². The van der Waals surface area contributed by atoms with E-state index in [1.165, 1.54) is 16.7 Å². The topological polar surface area (TPSA) is 46.9 Å². The number of fused-ring (bicyclic) bond motifs is 1. The molecule has 126 valence electrons. The Hall–Kier alpha value is -2.88. The average Bonchev–Trinajstić information content (AvgIpc) is 3.06. The van der Waals surface area contributed by atoms with Crippen LogP contribution in [0.2, 0.25) is 0 Å². The van der Waals surface area contributed by atoms with E-state index in [0.717, 1.165) is 11.4 Å². The SMILES string of the molecule is CC(C)n1ncc2c1NC(=O)CC2c1ccccc1-c1ccccc1. The molecule has 0 spiro atoms. The van der Waals surface area contributed by atoms with Crippen LogP contribution in [0.5, 0.6) is 0 Å². The van der Waals surface area contributed by atoms with Gasteiger partial charge in [0.05, 0.1) is 6.20 Å². The molecule has 3 aromatic rings. The van der Waals surface area contributed by atoms with E-state index in [9.17, 15) is 4.79 Å². The van der Waals surface area contributed by atoms with Crippen molar-refractivity contribution in [1.29, 1.82) is 0 Å². The predicted octanol–water partition coefficient (Wildman–Crippen LogP) is 4.61. The maximum atomic E-state index is 12.4. The number of amides is 1. The summed E-state index contributed by atoms with van der Waals surface area (Å²) in [6.45, 7) is 4.14. The summed E-state index contributed by atoms with van der Waals surface area (Å²) in [5.41, 5.74) is 4.61. The smallest absolute Gasteiger partial charge is 0.226 e. The van der Waals surface area contributed by atoms with Gasteiger partial charge in [-0.1, -0.05) is 54.6 Å². The standard InChI is InChI=1S/C21H21N3O/c1-14(2)24-21-19(13-22-24)18(12-20(25)23-21)17-11-7-6-10-16(17)15-8-4-3-5-9-15/h3-11,13-14,18H,12H2,1-2H3,(H,23,25). The van der Waals surface area contributed by atoms with Crippen molar-refractivity contribution in [2.24, 2.45) is 0 Å². The fourth-order valence-corrected chi connectivity index (χ4v) is 3.59. The van der Waals surface area contributed by atoms with Crippen molar-refractivity contribution in [1.82, 2.24) is 9.78 Å². The number of carbonyl (C=O) groups excluding carboxylic acids is 1. The van der Waals surface area contributed by atoms with E-state index in [1.807, 2.05) is 41.2 Å². The average molecular weight is 331 g/mol. The van der Waals surface area contributed by atoms with Crippen LogP contribution in [-0.2, 0) is 4.79 Å². The molecule has 0 aliphatic carbocycles. The van der Waals surface area contributed by atoms with Gasteiger partial charge in [-0.25, -0.2) is 4.68 Å². The van der Waals surface area contributed by atoms with Gasteiger partial charge >= 0.3 is 0 Å². The van der Waals surface area contributed by atoms with Crippen LogP contribution in [0.4, 0.5) is 5.82 Å². The Balaban J connectivity index is 1.86. The Bertz CT molecular complexity index is 912. The predicted molar refractivity (Wildman–Crippen MR) is 99.6 cm³/mol. The van der Waals surface area contributed by atoms with Gasteiger partial charge in [-0.3, -0.25) is 4.79 Å². The molecule has 0 saturated carbocycles. The van der Waals surface area contributed by atoms with Gasteiger partial charge < -0.3 is 5.32 Å². The van der Waals surface area contributed by atoms with Crippen LogP contribution < -0.4 is 5.32 Å². The lowest BCUT2D eigenvalue weighted by Crippen LogP contribution is -2.25. The van der Waals surface area contributed by atoms with Gasteiger partial charge in [0, 0.05) is 23.9 Å². The van der Waals surface area contributed by atoms with E-state index >= 15 is 0 Å².